The Morgan fingerprint density at radius 2 is 2.25 bits per heavy atom. The molecular formula is C14H17N5O. The monoisotopic (exact) mass is 271 g/mol. The second-order valence-electron chi connectivity index (χ2n) is 5.20. The summed E-state index contributed by atoms with van der Waals surface area (Å²) in [5.41, 5.74) is 3.02. The average molecular weight is 271 g/mol. The molecule has 0 saturated heterocycles. The molecule has 6 heteroatoms. The van der Waals surface area contributed by atoms with Crippen LogP contribution in [0.1, 0.15) is 29.3 Å². The Kier molecular flexibility index (Phi) is 3.22. The Balaban J connectivity index is 1.70. The van der Waals surface area contributed by atoms with Crippen LogP contribution in [0.2, 0.25) is 0 Å². The number of H-pyrrole nitrogens is 1. The molecule has 0 aromatic carbocycles. The summed E-state index contributed by atoms with van der Waals surface area (Å²) in [7, 11) is 0. The zero-order chi connectivity index (χ0) is 14.1. The summed E-state index contributed by atoms with van der Waals surface area (Å²) in [4.78, 5) is 28.2. The molecule has 0 bridgehead atoms. The minimum atomic E-state index is -0.0496. The van der Waals surface area contributed by atoms with Crippen molar-refractivity contribution in [3.05, 3.63) is 35.2 Å². The van der Waals surface area contributed by atoms with Crippen LogP contribution < -0.4 is 5.32 Å². The van der Waals surface area contributed by atoms with Crippen LogP contribution in [0, 0.1) is 19.8 Å². The zero-order valence-corrected chi connectivity index (χ0v) is 11.6. The van der Waals surface area contributed by atoms with Gasteiger partial charge in [-0.05, 0) is 32.8 Å². The predicted octanol–water partition coefficient (Wildman–Crippen LogP) is 1.56. The van der Waals surface area contributed by atoms with Crippen molar-refractivity contribution in [3.63, 3.8) is 0 Å². The average Bonchev–Trinajstić information content (AvgIpc) is 2.77. The molecule has 0 spiro atoms. The lowest BCUT2D eigenvalue weighted by Crippen LogP contribution is -2.29. The number of fused-ring (bicyclic) bond motifs is 1. The van der Waals surface area contributed by atoms with Gasteiger partial charge in [-0.25, -0.2) is 15.0 Å². The quantitative estimate of drug-likeness (QED) is 0.868. The number of amides is 1. The van der Waals surface area contributed by atoms with Gasteiger partial charge in [-0.2, -0.15) is 0 Å². The van der Waals surface area contributed by atoms with Gasteiger partial charge in [0.05, 0.1) is 5.69 Å². The second-order valence-corrected chi connectivity index (χ2v) is 5.20. The van der Waals surface area contributed by atoms with E-state index in [1.165, 1.54) is 0 Å². The summed E-state index contributed by atoms with van der Waals surface area (Å²) < 4.78 is 0. The molecule has 6 nitrogen and oxygen atoms in total. The molecule has 20 heavy (non-hydrogen) atoms. The van der Waals surface area contributed by atoms with Gasteiger partial charge >= 0.3 is 0 Å². The highest BCUT2D eigenvalue weighted by atomic mass is 16.2. The molecule has 1 amide bonds. The number of hydrogen-bond acceptors (Lipinski definition) is 4. The largest absolute Gasteiger partial charge is 0.346 e. The van der Waals surface area contributed by atoms with Crippen molar-refractivity contribution >= 4 is 11.9 Å². The lowest BCUT2D eigenvalue weighted by Gasteiger charge is -2.20. The maximum absolute atomic E-state index is 12.3. The lowest BCUT2D eigenvalue weighted by atomic mass is 9.89. The van der Waals surface area contributed by atoms with Gasteiger partial charge in [-0.15, -0.1) is 0 Å². The number of hydrogen-bond donors (Lipinski definition) is 2. The lowest BCUT2D eigenvalue weighted by molar-refractivity contribution is -0.120. The molecule has 1 aliphatic rings. The number of carbonyl (C=O) groups excluding carboxylic acids is 1. The Bertz CT molecular complexity index is 649. The highest BCUT2D eigenvalue weighted by Gasteiger charge is 2.27. The van der Waals surface area contributed by atoms with Gasteiger partial charge in [0, 0.05) is 29.9 Å². The summed E-state index contributed by atoms with van der Waals surface area (Å²) >= 11 is 0. The van der Waals surface area contributed by atoms with Crippen LogP contribution in [0.4, 0.5) is 5.95 Å². The Morgan fingerprint density at radius 1 is 1.40 bits per heavy atom. The van der Waals surface area contributed by atoms with Crippen molar-refractivity contribution in [3.8, 4) is 0 Å². The molecule has 2 aromatic rings. The van der Waals surface area contributed by atoms with E-state index in [-0.39, 0.29) is 11.8 Å². The van der Waals surface area contributed by atoms with Gasteiger partial charge in [-0.1, -0.05) is 0 Å². The first-order valence-corrected chi connectivity index (χ1v) is 6.76. The van der Waals surface area contributed by atoms with Crippen molar-refractivity contribution in [2.24, 2.45) is 5.92 Å². The minimum absolute atomic E-state index is 0.0199. The topological polar surface area (TPSA) is 83.6 Å². The van der Waals surface area contributed by atoms with Crippen LogP contribution in [0.5, 0.6) is 0 Å². The fourth-order valence-electron chi connectivity index (χ4n) is 2.57. The third-order valence-electron chi connectivity index (χ3n) is 3.56. The number of nitrogens with one attached hydrogen (secondary N) is 2. The zero-order valence-electron chi connectivity index (χ0n) is 11.6. The van der Waals surface area contributed by atoms with E-state index >= 15 is 0 Å². The molecule has 0 aliphatic heterocycles. The van der Waals surface area contributed by atoms with Crippen LogP contribution >= 0.6 is 0 Å². The molecule has 1 unspecified atom stereocenters. The first-order chi connectivity index (χ1) is 9.61. The molecule has 3 rings (SSSR count). The number of aryl methyl sites for hydroxylation is 3. The molecule has 0 radical (unpaired) electrons. The number of rotatable bonds is 2. The van der Waals surface area contributed by atoms with Crippen LogP contribution in [0.15, 0.2) is 12.3 Å². The maximum atomic E-state index is 12.3. The predicted molar refractivity (Wildman–Crippen MR) is 74.2 cm³/mol. The SMILES string of the molecule is Cc1ccnc(NC(=O)C2CCc3nc(C)[nH]c3C2)n1. The fourth-order valence-corrected chi connectivity index (χ4v) is 2.57. The summed E-state index contributed by atoms with van der Waals surface area (Å²) in [6.07, 6.45) is 4.00. The number of imidazole rings is 1. The number of aromatic amines is 1. The van der Waals surface area contributed by atoms with E-state index in [1.54, 1.807) is 12.3 Å². The van der Waals surface area contributed by atoms with Crippen molar-refractivity contribution in [2.45, 2.75) is 33.1 Å². The van der Waals surface area contributed by atoms with Gasteiger partial charge in [0.2, 0.25) is 11.9 Å². The van der Waals surface area contributed by atoms with Crippen LogP contribution in [-0.4, -0.2) is 25.8 Å². The van der Waals surface area contributed by atoms with Gasteiger partial charge in [0.1, 0.15) is 5.82 Å². The molecule has 1 aliphatic carbocycles. The standard InChI is InChI=1S/C14H17N5O/c1-8-5-6-15-14(16-8)19-13(20)10-3-4-11-12(7-10)18-9(2)17-11/h5-6,10H,3-4,7H2,1-2H3,(H,17,18)(H,15,16,19,20). The first-order valence-electron chi connectivity index (χ1n) is 6.76. The van der Waals surface area contributed by atoms with Gasteiger partial charge in [0.25, 0.3) is 0 Å². The second kappa shape index (κ2) is 5.03. The highest BCUT2D eigenvalue weighted by Crippen LogP contribution is 2.24. The highest BCUT2D eigenvalue weighted by molar-refractivity contribution is 5.91. The molecule has 1 atom stereocenters. The Labute approximate surface area is 117 Å². The summed E-state index contributed by atoms with van der Waals surface area (Å²) in [6.45, 7) is 3.81. The van der Waals surface area contributed by atoms with Crippen molar-refractivity contribution < 1.29 is 4.79 Å². The Morgan fingerprint density at radius 3 is 3.05 bits per heavy atom. The molecule has 104 valence electrons. The van der Waals surface area contributed by atoms with Crippen molar-refractivity contribution in [1.82, 2.24) is 19.9 Å². The van der Waals surface area contributed by atoms with Gasteiger partial charge in [-0.3, -0.25) is 10.1 Å². The van der Waals surface area contributed by atoms with Crippen molar-refractivity contribution in [2.75, 3.05) is 5.32 Å². The van der Waals surface area contributed by atoms with E-state index < -0.39 is 0 Å². The Hall–Kier alpha value is -2.24. The molecule has 2 heterocycles. The molecule has 0 saturated carbocycles. The van der Waals surface area contributed by atoms with E-state index in [9.17, 15) is 4.79 Å². The smallest absolute Gasteiger partial charge is 0.230 e. The van der Waals surface area contributed by atoms with Crippen LogP contribution in [0.3, 0.4) is 0 Å². The number of nitrogens with zero attached hydrogens (tertiary/aromatic N) is 3. The van der Waals surface area contributed by atoms with E-state index in [0.29, 0.717) is 12.4 Å². The van der Waals surface area contributed by atoms with E-state index in [4.69, 9.17) is 0 Å². The summed E-state index contributed by atoms with van der Waals surface area (Å²) in [5.74, 6) is 1.22. The van der Waals surface area contributed by atoms with Crippen molar-refractivity contribution in [1.29, 1.82) is 0 Å². The number of carbonyl (C=O) groups is 1. The van der Waals surface area contributed by atoms with E-state index in [0.717, 1.165) is 35.7 Å². The molecular weight excluding hydrogens is 254 g/mol. The van der Waals surface area contributed by atoms with Gasteiger partial charge in [0.15, 0.2) is 0 Å². The van der Waals surface area contributed by atoms with Crippen LogP contribution in [0.25, 0.3) is 0 Å². The molecule has 2 N–H and O–H groups in total. The summed E-state index contributed by atoms with van der Waals surface area (Å²) in [6, 6.07) is 1.80. The van der Waals surface area contributed by atoms with Crippen LogP contribution in [-0.2, 0) is 17.6 Å². The van der Waals surface area contributed by atoms with Gasteiger partial charge < -0.3 is 4.98 Å². The molecule has 2 aromatic heterocycles. The fraction of sp³-hybridized carbons (Fsp3) is 0.429. The third-order valence-corrected chi connectivity index (χ3v) is 3.56. The normalized spacial score (nSPS) is 17.6. The number of aromatic nitrogens is 4. The third kappa shape index (κ3) is 2.54. The molecule has 0 fully saturated rings. The van der Waals surface area contributed by atoms with E-state index in [2.05, 4.69) is 25.3 Å². The minimum Gasteiger partial charge on any atom is -0.346 e. The van der Waals surface area contributed by atoms with E-state index in [1.807, 2.05) is 13.8 Å². The maximum Gasteiger partial charge on any atom is 0.230 e. The summed E-state index contributed by atoms with van der Waals surface area (Å²) in [5, 5.41) is 2.79. The number of anilines is 1. The first kappa shape index (κ1) is 12.8.